The molecule has 1 amide bonds. The molecular formula is C24H28FN5OS. The maximum atomic E-state index is 14.6. The summed E-state index contributed by atoms with van der Waals surface area (Å²) >= 11 is 1.46. The molecule has 1 aliphatic rings. The Balaban J connectivity index is 1.79. The van der Waals surface area contributed by atoms with E-state index in [-0.39, 0.29) is 11.7 Å². The maximum absolute atomic E-state index is 14.6. The first-order chi connectivity index (χ1) is 15.3. The predicted octanol–water partition coefficient (Wildman–Crippen LogP) is 5.09. The van der Waals surface area contributed by atoms with Gasteiger partial charge in [0.2, 0.25) is 0 Å². The van der Waals surface area contributed by atoms with Crippen molar-refractivity contribution in [3.8, 4) is 0 Å². The van der Waals surface area contributed by atoms with Crippen LogP contribution in [-0.4, -0.2) is 28.6 Å². The number of nitrogens with two attached hydrogens (primary N) is 1. The quantitative estimate of drug-likeness (QED) is 0.431. The molecule has 1 atom stereocenters. The van der Waals surface area contributed by atoms with Gasteiger partial charge in [0.1, 0.15) is 5.82 Å². The number of amides is 1. The van der Waals surface area contributed by atoms with Crippen molar-refractivity contribution in [2.24, 2.45) is 15.8 Å². The van der Waals surface area contributed by atoms with Crippen LogP contribution >= 0.6 is 11.8 Å². The molecule has 8 heteroatoms. The van der Waals surface area contributed by atoms with Crippen LogP contribution in [0.2, 0.25) is 0 Å². The van der Waals surface area contributed by atoms with Crippen LogP contribution in [0.1, 0.15) is 48.2 Å². The highest BCUT2D eigenvalue weighted by Crippen LogP contribution is 2.37. The van der Waals surface area contributed by atoms with E-state index >= 15 is 0 Å². The zero-order chi connectivity index (χ0) is 23.1. The third kappa shape index (κ3) is 5.76. The Labute approximate surface area is 192 Å². The SMILES string of the molecule is C=NN(/C=C\CC)Cc1cccc(C(=O)Nc2ccc(F)c(C3(C)CCSC(N)=N3)c2)c1. The number of allylic oxidation sites excluding steroid dienone is 1. The first-order valence-electron chi connectivity index (χ1n) is 10.4. The molecule has 0 aliphatic carbocycles. The van der Waals surface area contributed by atoms with E-state index in [1.807, 2.05) is 44.3 Å². The predicted molar refractivity (Wildman–Crippen MR) is 131 cm³/mol. The number of nitrogens with one attached hydrogen (secondary N) is 1. The van der Waals surface area contributed by atoms with Gasteiger partial charge in [-0.15, -0.1) is 0 Å². The lowest BCUT2D eigenvalue weighted by molar-refractivity contribution is 0.102. The smallest absolute Gasteiger partial charge is 0.255 e. The van der Waals surface area contributed by atoms with Gasteiger partial charge in [0, 0.05) is 35.5 Å². The summed E-state index contributed by atoms with van der Waals surface area (Å²) < 4.78 is 14.6. The summed E-state index contributed by atoms with van der Waals surface area (Å²) in [7, 11) is 0. The van der Waals surface area contributed by atoms with Crippen LogP contribution in [0, 0.1) is 5.82 Å². The van der Waals surface area contributed by atoms with Crippen molar-refractivity contribution in [2.45, 2.75) is 38.8 Å². The van der Waals surface area contributed by atoms with Crippen LogP contribution in [0.3, 0.4) is 0 Å². The second-order valence-electron chi connectivity index (χ2n) is 7.70. The Morgan fingerprint density at radius 1 is 1.41 bits per heavy atom. The molecule has 0 saturated heterocycles. The second-order valence-corrected chi connectivity index (χ2v) is 8.82. The van der Waals surface area contributed by atoms with Crippen LogP contribution in [0.5, 0.6) is 0 Å². The van der Waals surface area contributed by atoms with Crippen molar-refractivity contribution < 1.29 is 9.18 Å². The van der Waals surface area contributed by atoms with Crippen LogP contribution < -0.4 is 11.1 Å². The number of aliphatic imine (C=N–C) groups is 1. The van der Waals surface area contributed by atoms with Crippen molar-refractivity contribution in [2.75, 3.05) is 11.1 Å². The summed E-state index contributed by atoms with van der Waals surface area (Å²) in [5.74, 6) is 0.116. The second kappa shape index (κ2) is 10.5. The van der Waals surface area contributed by atoms with Gasteiger partial charge in [0.15, 0.2) is 5.17 Å². The van der Waals surface area contributed by atoms with Gasteiger partial charge in [-0.3, -0.25) is 14.8 Å². The molecule has 0 saturated carbocycles. The van der Waals surface area contributed by atoms with E-state index in [1.165, 1.54) is 17.8 Å². The van der Waals surface area contributed by atoms with Crippen molar-refractivity contribution in [1.82, 2.24) is 5.01 Å². The van der Waals surface area contributed by atoms with Gasteiger partial charge in [-0.1, -0.05) is 36.9 Å². The number of thioether (sulfide) groups is 1. The number of hydrazone groups is 1. The fourth-order valence-corrected chi connectivity index (χ4v) is 4.45. The lowest BCUT2D eigenvalue weighted by Crippen LogP contribution is -2.29. The number of hydrogen-bond acceptors (Lipinski definition) is 6. The van der Waals surface area contributed by atoms with E-state index in [4.69, 9.17) is 5.73 Å². The average molecular weight is 454 g/mol. The molecule has 32 heavy (non-hydrogen) atoms. The molecule has 3 rings (SSSR count). The molecule has 2 aromatic rings. The minimum atomic E-state index is -0.757. The Kier molecular flexibility index (Phi) is 7.69. The van der Waals surface area contributed by atoms with Gasteiger partial charge in [-0.2, -0.15) is 5.10 Å². The summed E-state index contributed by atoms with van der Waals surface area (Å²) in [5.41, 5.74) is 7.47. The van der Waals surface area contributed by atoms with Crippen LogP contribution in [0.15, 0.2) is 64.8 Å². The van der Waals surface area contributed by atoms with E-state index in [1.54, 1.807) is 23.2 Å². The minimum Gasteiger partial charge on any atom is -0.379 e. The summed E-state index contributed by atoms with van der Waals surface area (Å²) in [6, 6.07) is 11.8. The molecule has 168 valence electrons. The van der Waals surface area contributed by atoms with Gasteiger partial charge in [0.05, 0.1) is 12.1 Å². The van der Waals surface area contributed by atoms with E-state index in [9.17, 15) is 9.18 Å². The van der Waals surface area contributed by atoms with Gasteiger partial charge in [-0.25, -0.2) is 4.39 Å². The standard InChI is InChI=1S/C24H28FN5OS/c1-4-5-12-30(27-3)16-17-7-6-8-18(14-17)22(31)28-19-9-10-21(25)20(15-19)24(2)11-13-32-23(26)29-24/h5-10,12,14-15H,3-4,11,13,16H2,1-2H3,(H2,26,29)(H,28,31)/b12-5-. The van der Waals surface area contributed by atoms with Gasteiger partial charge in [-0.05, 0) is 55.7 Å². The number of carbonyl (C=O) groups is 1. The fourth-order valence-electron chi connectivity index (χ4n) is 3.47. The van der Waals surface area contributed by atoms with E-state index in [0.29, 0.717) is 34.9 Å². The number of carbonyl (C=O) groups excluding carboxylic acids is 1. The molecule has 2 aromatic carbocycles. The molecule has 0 aromatic heterocycles. The Bertz CT molecular complexity index is 1050. The van der Waals surface area contributed by atoms with Gasteiger partial charge >= 0.3 is 0 Å². The molecule has 0 radical (unpaired) electrons. The fraction of sp³-hybridized carbons (Fsp3) is 0.292. The van der Waals surface area contributed by atoms with Crippen LogP contribution in [0.4, 0.5) is 10.1 Å². The summed E-state index contributed by atoms with van der Waals surface area (Å²) in [6.45, 7) is 7.98. The molecule has 0 fully saturated rings. The zero-order valence-electron chi connectivity index (χ0n) is 18.3. The lowest BCUT2D eigenvalue weighted by atomic mass is 9.89. The molecule has 0 bridgehead atoms. The molecule has 3 N–H and O–H groups in total. The van der Waals surface area contributed by atoms with Crippen molar-refractivity contribution in [3.05, 3.63) is 77.2 Å². The Morgan fingerprint density at radius 3 is 2.94 bits per heavy atom. The van der Waals surface area contributed by atoms with E-state index in [0.717, 1.165) is 17.7 Å². The summed E-state index contributed by atoms with van der Waals surface area (Å²) in [4.78, 5) is 17.4. The first kappa shape index (κ1) is 23.5. The molecule has 1 aliphatic heterocycles. The van der Waals surface area contributed by atoms with Crippen LogP contribution in [-0.2, 0) is 12.1 Å². The highest BCUT2D eigenvalue weighted by Gasteiger charge is 2.32. The Morgan fingerprint density at radius 2 is 2.22 bits per heavy atom. The number of anilines is 1. The van der Waals surface area contributed by atoms with Crippen molar-refractivity contribution in [1.29, 1.82) is 0 Å². The lowest BCUT2D eigenvalue weighted by Gasteiger charge is -2.30. The van der Waals surface area contributed by atoms with E-state index in [2.05, 4.69) is 22.1 Å². The number of halogens is 1. The topological polar surface area (TPSA) is 83.1 Å². The Hall–Kier alpha value is -3.13. The van der Waals surface area contributed by atoms with Crippen molar-refractivity contribution in [3.63, 3.8) is 0 Å². The number of rotatable bonds is 8. The minimum absolute atomic E-state index is 0.279. The highest BCUT2D eigenvalue weighted by molar-refractivity contribution is 8.13. The van der Waals surface area contributed by atoms with Gasteiger partial charge < -0.3 is 11.1 Å². The number of hydrogen-bond donors (Lipinski definition) is 2. The number of benzene rings is 2. The highest BCUT2D eigenvalue weighted by atomic mass is 32.2. The van der Waals surface area contributed by atoms with Crippen LogP contribution in [0.25, 0.3) is 0 Å². The molecule has 0 spiro atoms. The largest absolute Gasteiger partial charge is 0.379 e. The third-order valence-corrected chi connectivity index (χ3v) is 6.02. The molecular weight excluding hydrogens is 425 g/mol. The maximum Gasteiger partial charge on any atom is 0.255 e. The number of amidine groups is 1. The molecule has 6 nitrogen and oxygen atoms in total. The molecule has 1 heterocycles. The third-order valence-electron chi connectivity index (χ3n) is 5.23. The normalized spacial score (nSPS) is 18.3. The monoisotopic (exact) mass is 453 g/mol. The first-order valence-corrected chi connectivity index (χ1v) is 11.4. The average Bonchev–Trinajstić information content (AvgIpc) is 2.77. The van der Waals surface area contributed by atoms with E-state index < -0.39 is 5.54 Å². The summed E-state index contributed by atoms with van der Waals surface area (Å²) in [6.07, 6.45) is 5.40. The van der Waals surface area contributed by atoms with Gasteiger partial charge in [0.25, 0.3) is 5.91 Å². The van der Waals surface area contributed by atoms with Crippen molar-refractivity contribution >= 4 is 35.2 Å². The summed E-state index contributed by atoms with van der Waals surface area (Å²) in [5, 5.41) is 9.00. The number of nitrogens with zero attached hydrogens (tertiary/aromatic N) is 3. The molecule has 1 unspecified atom stereocenters. The zero-order valence-corrected chi connectivity index (χ0v) is 19.2.